The van der Waals surface area contributed by atoms with Crippen LogP contribution >= 0.6 is 0 Å². The second-order valence-electron chi connectivity index (χ2n) is 6.60. The van der Waals surface area contributed by atoms with Crippen molar-refractivity contribution in [3.63, 3.8) is 0 Å². The maximum Gasteiger partial charge on any atom is 0.0203 e. The summed E-state index contributed by atoms with van der Waals surface area (Å²) in [6.07, 6.45) is 5.82. The second-order valence-corrected chi connectivity index (χ2v) is 6.60. The van der Waals surface area contributed by atoms with Gasteiger partial charge in [-0.1, -0.05) is 66.8 Å². The van der Waals surface area contributed by atoms with Crippen LogP contribution in [0.2, 0.25) is 0 Å². The Morgan fingerprint density at radius 2 is 1.18 bits per heavy atom. The summed E-state index contributed by atoms with van der Waals surface area (Å²) >= 11 is 0. The quantitative estimate of drug-likeness (QED) is 0.847. The molecule has 0 N–H and O–H groups in total. The lowest BCUT2D eigenvalue weighted by Gasteiger charge is -2.39. The van der Waals surface area contributed by atoms with Crippen LogP contribution in [0.4, 0.5) is 0 Å². The lowest BCUT2D eigenvalue weighted by molar-refractivity contribution is -0.269. The fourth-order valence-corrected chi connectivity index (χ4v) is 3.79. The molecule has 2 nitrogen and oxygen atoms in total. The Morgan fingerprint density at radius 1 is 0.727 bits per heavy atom. The summed E-state index contributed by atoms with van der Waals surface area (Å²) in [6.45, 7) is 3.77. The van der Waals surface area contributed by atoms with E-state index in [0.29, 0.717) is 0 Å². The molecule has 3 rings (SSSR count). The highest BCUT2D eigenvalue weighted by molar-refractivity contribution is 5.47. The van der Waals surface area contributed by atoms with Gasteiger partial charge in [0.2, 0.25) is 0 Å². The monoisotopic (exact) mass is 294 g/mol. The van der Waals surface area contributed by atoms with E-state index in [1.807, 2.05) is 38.1 Å². The van der Waals surface area contributed by atoms with Gasteiger partial charge in [-0.25, -0.2) is 0 Å². The number of benzene rings is 2. The molecule has 0 heterocycles. The van der Waals surface area contributed by atoms with E-state index in [4.69, 9.17) is 0 Å². The Hall–Kier alpha value is -1.96. The van der Waals surface area contributed by atoms with Crippen molar-refractivity contribution >= 4 is 0 Å². The predicted octanol–water partition coefficient (Wildman–Crippen LogP) is 3.70. The van der Waals surface area contributed by atoms with Crippen molar-refractivity contribution in [2.75, 3.05) is 0 Å². The average Bonchev–Trinajstić information content (AvgIpc) is 2.53. The third-order valence-electron chi connectivity index (χ3n) is 5.16. The van der Waals surface area contributed by atoms with Crippen LogP contribution in [-0.2, 0) is 5.41 Å². The topological polar surface area (TPSA) is 46.1 Å². The molecule has 0 aliphatic heterocycles. The van der Waals surface area contributed by atoms with Gasteiger partial charge in [0, 0.05) is 5.41 Å². The minimum atomic E-state index is -0.0465. The van der Waals surface area contributed by atoms with Gasteiger partial charge in [-0.3, -0.25) is 0 Å². The maximum atomic E-state index is 11.8. The Bertz CT molecular complexity index is 629. The molecule has 116 valence electrons. The van der Waals surface area contributed by atoms with E-state index in [-0.39, 0.29) is 16.9 Å². The predicted molar refractivity (Wildman–Crippen MR) is 85.1 cm³/mol. The van der Waals surface area contributed by atoms with Gasteiger partial charge in [-0.2, -0.15) is 0 Å². The zero-order chi connectivity index (χ0) is 15.7. The molecular weight excluding hydrogens is 272 g/mol. The SMILES string of the molecule is Cc1cc(C2(c3ccc([O-])c(C)c3)CCCCC2)ccc1[O-]. The van der Waals surface area contributed by atoms with E-state index in [0.717, 1.165) is 24.0 Å². The molecule has 0 bridgehead atoms. The first kappa shape index (κ1) is 15.0. The third-order valence-corrected chi connectivity index (χ3v) is 5.16. The standard InChI is InChI=1S/C20H24O2/c1-14-12-16(6-8-18(14)21)20(10-4-3-5-11-20)17-7-9-19(22)15(2)13-17/h6-9,12-13,21-22H,3-5,10-11H2,1-2H3/p-2. The molecule has 1 fully saturated rings. The summed E-state index contributed by atoms with van der Waals surface area (Å²) in [5.74, 6) is 0.196. The molecule has 1 aliphatic rings. The zero-order valence-electron chi connectivity index (χ0n) is 13.3. The summed E-state index contributed by atoms with van der Waals surface area (Å²) in [5.41, 5.74) is 4.01. The van der Waals surface area contributed by atoms with Gasteiger partial charge < -0.3 is 10.2 Å². The summed E-state index contributed by atoms with van der Waals surface area (Å²) in [4.78, 5) is 0. The molecule has 0 aromatic heterocycles. The van der Waals surface area contributed by atoms with Crippen LogP contribution in [0.15, 0.2) is 36.4 Å². The van der Waals surface area contributed by atoms with E-state index in [9.17, 15) is 10.2 Å². The summed E-state index contributed by atoms with van der Waals surface area (Å²) in [6, 6.07) is 11.5. The molecule has 0 amide bonds. The molecule has 2 aromatic carbocycles. The highest BCUT2D eigenvalue weighted by atomic mass is 16.3. The maximum absolute atomic E-state index is 11.8. The van der Waals surface area contributed by atoms with E-state index < -0.39 is 0 Å². The average molecular weight is 294 g/mol. The number of hydrogen-bond donors (Lipinski definition) is 0. The molecule has 0 unspecified atom stereocenters. The first-order valence-corrected chi connectivity index (χ1v) is 8.09. The van der Waals surface area contributed by atoms with Gasteiger partial charge in [0.05, 0.1) is 0 Å². The molecule has 0 atom stereocenters. The molecule has 22 heavy (non-hydrogen) atoms. The van der Waals surface area contributed by atoms with Crippen molar-refractivity contribution in [3.8, 4) is 11.5 Å². The van der Waals surface area contributed by atoms with Crippen LogP contribution in [0.25, 0.3) is 0 Å². The van der Waals surface area contributed by atoms with Gasteiger partial charge in [0.1, 0.15) is 0 Å². The van der Waals surface area contributed by atoms with Crippen molar-refractivity contribution in [1.82, 2.24) is 0 Å². The Labute approximate surface area is 132 Å². The van der Waals surface area contributed by atoms with Crippen LogP contribution in [0.3, 0.4) is 0 Å². The van der Waals surface area contributed by atoms with Gasteiger partial charge in [-0.05, 0) is 37.8 Å². The molecular formula is C20H22O2-2. The van der Waals surface area contributed by atoms with Crippen molar-refractivity contribution in [2.24, 2.45) is 0 Å². The van der Waals surface area contributed by atoms with Gasteiger partial charge in [-0.15, -0.1) is 11.5 Å². The normalized spacial score (nSPS) is 17.4. The van der Waals surface area contributed by atoms with Crippen molar-refractivity contribution < 1.29 is 10.2 Å². The molecule has 0 saturated heterocycles. The van der Waals surface area contributed by atoms with E-state index >= 15 is 0 Å². The molecule has 1 saturated carbocycles. The van der Waals surface area contributed by atoms with Crippen molar-refractivity contribution in [3.05, 3.63) is 58.7 Å². The Morgan fingerprint density at radius 3 is 1.59 bits per heavy atom. The lowest BCUT2D eigenvalue weighted by Crippen LogP contribution is -2.30. The number of hydrogen-bond acceptors (Lipinski definition) is 2. The minimum absolute atomic E-state index is 0.0465. The largest absolute Gasteiger partial charge is 0.872 e. The highest BCUT2D eigenvalue weighted by Gasteiger charge is 2.35. The molecule has 0 radical (unpaired) electrons. The van der Waals surface area contributed by atoms with Crippen LogP contribution in [0.5, 0.6) is 11.5 Å². The van der Waals surface area contributed by atoms with Crippen LogP contribution in [-0.4, -0.2) is 0 Å². The van der Waals surface area contributed by atoms with Crippen LogP contribution in [0.1, 0.15) is 54.4 Å². The lowest BCUT2D eigenvalue weighted by atomic mass is 9.65. The molecule has 0 spiro atoms. The number of aryl methyl sites for hydroxylation is 2. The highest BCUT2D eigenvalue weighted by Crippen LogP contribution is 2.46. The first-order chi connectivity index (χ1) is 10.5. The zero-order valence-corrected chi connectivity index (χ0v) is 13.3. The minimum Gasteiger partial charge on any atom is -0.872 e. The molecule has 2 heteroatoms. The Balaban J connectivity index is 2.15. The van der Waals surface area contributed by atoms with E-state index in [1.165, 1.54) is 30.4 Å². The van der Waals surface area contributed by atoms with Gasteiger partial charge >= 0.3 is 0 Å². The molecule has 2 aromatic rings. The van der Waals surface area contributed by atoms with Crippen LogP contribution < -0.4 is 10.2 Å². The van der Waals surface area contributed by atoms with E-state index in [1.54, 1.807) is 12.1 Å². The third kappa shape index (κ3) is 2.47. The van der Waals surface area contributed by atoms with E-state index in [2.05, 4.69) is 0 Å². The van der Waals surface area contributed by atoms with Gasteiger partial charge in [0.25, 0.3) is 0 Å². The Kier molecular flexibility index (Phi) is 3.86. The van der Waals surface area contributed by atoms with Crippen LogP contribution in [0, 0.1) is 13.8 Å². The van der Waals surface area contributed by atoms with Crippen molar-refractivity contribution in [2.45, 2.75) is 51.4 Å². The van der Waals surface area contributed by atoms with Gasteiger partial charge in [0.15, 0.2) is 0 Å². The fraction of sp³-hybridized carbons (Fsp3) is 0.400. The summed E-state index contributed by atoms with van der Waals surface area (Å²) < 4.78 is 0. The fourth-order valence-electron chi connectivity index (χ4n) is 3.79. The smallest absolute Gasteiger partial charge is 0.0203 e. The second kappa shape index (κ2) is 5.68. The molecule has 1 aliphatic carbocycles. The summed E-state index contributed by atoms with van der Waals surface area (Å²) in [5, 5.41) is 23.5. The summed E-state index contributed by atoms with van der Waals surface area (Å²) in [7, 11) is 0. The number of rotatable bonds is 2. The van der Waals surface area contributed by atoms with Crippen molar-refractivity contribution in [1.29, 1.82) is 0 Å². The first-order valence-electron chi connectivity index (χ1n) is 8.09.